The van der Waals surface area contributed by atoms with Gasteiger partial charge >= 0.3 is 0 Å². The monoisotopic (exact) mass is 452 g/mol. The standard InChI is InChI=1S/C27H44N6/c1-4-33(20-14-19-32(3)22-23-15-10-9-11-16-23)27-30-25(28-2)21-26(31-27)29-24-17-12-7-5-6-8-13-18-24/h9-11,15-16,21,24H,4-8,12-14,17-20,22H2,1-3H3,(H2,28,29,30,31). The summed E-state index contributed by atoms with van der Waals surface area (Å²) in [4.78, 5) is 14.4. The van der Waals surface area contributed by atoms with E-state index in [1.807, 2.05) is 7.05 Å². The molecule has 2 N–H and O–H groups in total. The number of hydrogen-bond donors (Lipinski definition) is 2. The second kappa shape index (κ2) is 14.0. The van der Waals surface area contributed by atoms with Gasteiger partial charge in [0, 0.05) is 38.8 Å². The molecule has 0 unspecified atom stereocenters. The SMILES string of the molecule is CCN(CCCN(C)Cc1ccccc1)c1nc(NC)cc(NC2CCCCCCCC2)n1. The van der Waals surface area contributed by atoms with Crippen LogP contribution in [-0.2, 0) is 6.54 Å². The highest BCUT2D eigenvalue weighted by Crippen LogP contribution is 2.23. The molecule has 1 aromatic carbocycles. The quantitative estimate of drug-likeness (QED) is 0.451. The number of rotatable bonds is 11. The average Bonchev–Trinajstić information content (AvgIpc) is 2.96. The summed E-state index contributed by atoms with van der Waals surface area (Å²) in [5.74, 6) is 2.65. The summed E-state index contributed by atoms with van der Waals surface area (Å²) < 4.78 is 0. The molecule has 33 heavy (non-hydrogen) atoms. The van der Waals surface area contributed by atoms with Crippen molar-refractivity contribution in [1.82, 2.24) is 14.9 Å². The molecule has 0 saturated heterocycles. The lowest BCUT2D eigenvalue weighted by molar-refractivity contribution is 0.323. The predicted molar refractivity (Wildman–Crippen MR) is 141 cm³/mol. The van der Waals surface area contributed by atoms with Gasteiger partial charge in [-0.3, -0.25) is 0 Å². The van der Waals surface area contributed by atoms with Crippen molar-refractivity contribution in [2.75, 3.05) is 49.3 Å². The summed E-state index contributed by atoms with van der Waals surface area (Å²) in [7, 11) is 4.13. The van der Waals surface area contributed by atoms with E-state index in [2.05, 4.69) is 70.8 Å². The molecule has 1 aliphatic rings. The molecule has 0 bridgehead atoms. The first-order valence-corrected chi connectivity index (χ1v) is 13.0. The minimum absolute atomic E-state index is 0.511. The van der Waals surface area contributed by atoms with Gasteiger partial charge in [0.1, 0.15) is 11.6 Å². The molecule has 182 valence electrons. The molecule has 6 heteroatoms. The second-order valence-electron chi connectivity index (χ2n) is 9.38. The Morgan fingerprint density at radius 3 is 2.24 bits per heavy atom. The van der Waals surface area contributed by atoms with E-state index in [0.29, 0.717) is 6.04 Å². The summed E-state index contributed by atoms with van der Waals surface area (Å²) in [5.41, 5.74) is 1.36. The third kappa shape index (κ3) is 8.84. The zero-order valence-corrected chi connectivity index (χ0v) is 21.0. The largest absolute Gasteiger partial charge is 0.373 e. The Morgan fingerprint density at radius 1 is 0.909 bits per heavy atom. The first-order valence-electron chi connectivity index (χ1n) is 13.0. The van der Waals surface area contributed by atoms with Gasteiger partial charge in [0.25, 0.3) is 0 Å². The number of nitrogens with zero attached hydrogens (tertiary/aromatic N) is 4. The van der Waals surface area contributed by atoms with Crippen molar-refractivity contribution in [3.05, 3.63) is 42.0 Å². The van der Waals surface area contributed by atoms with E-state index in [9.17, 15) is 0 Å². The smallest absolute Gasteiger partial charge is 0.229 e. The van der Waals surface area contributed by atoms with Gasteiger partial charge in [-0.15, -0.1) is 0 Å². The van der Waals surface area contributed by atoms with E-state index in [1.165, 1.54) is 56.9 Å². The molecule has 0 radical (unpaired) electrons. The van der Waals surface area contributed by atoms with Crippen LogP contribution in [0.1, 0.15) is 70.3 Å². The second-order valence-corrected chi connectivity index (χ2v) is 9.38. The Balaban J connectivity index is 1.58. The van der Waals surface area contributed by atoms with Crippen LogP contribution in [-0.4, -0.2) is 54.6 Å². The topological polar surface area (TPSA) is 56.3 Å². The van der Waals surface area contributed by atoms with Crippen molar-refractivity contribution in [1.29, 1.82) is 0 Å². The third-order valence-electron chi connectivity index (χ3n) is 6.61. The first-order chi connectivity index (χ1) is 16.2. The van der Waals surface area contributed by atoms with Gasteiger partial charge in [-0.25, -0.2) is 0 Å². The maximum atomic E-state index is 4.94. The van der Waals surface area contributed by atoms with E-state index >= 15 is 0 Å². The lowest BCUT2D eigenvalue weighted by atomic mass is 10.1. The van der Waals surface area contributed by atoms with Crippen molar-refractivity contribution in [2.45, 2.75) is 77.3 Å². The molecule has 3 rings (SSSR count). The van der Waals surface area contributed by atoms with Gasteiger partial charge in [0.2, 0.25) is 5.95 Å². The van der Waals surface area contributed by atoms with Crippen LogP contribution in [0.15, 0.2) is 36.4 Å². The number of benzene rings is 1. The van der Waals surface area contributed by atoms with Crippen LogP contribution >= 0.6 is 0 Å². The van der Waals surface area contributed by atoms with Crippen LogP contribution in [0.2, 0.25) is 0 Å². The fraction of sp³-hybridized carbons (Fsp3) is 0.630. The maximum absolute atomic E-state index is 4.94. The molecular weight excluding hydrogens is 408 g/mol. The van der Waals surface area contributed by atoms with Gasteiger partial charge in [-0.2, -0.15) is 9.97 Å². The predicted octanol–water partition coefficient (Wildman–Crippen LogP) is 5.78. The van der Waals surface area contributed by atoms with Crippen molar-refractivity contribution >= 4 is 17.6 Å². The van der Waals surface area contributed by atoms with Crippen LogP contribution in [0.4, 0.5) is 17.6 Å². The number of nitrogens with one attached hydrogen (secondary N) is 2. The molecule has 0 spiro atoms. The molecule has 0 atom stereocenters. The molecular formula is C27H44N6. The summed E-state index contributed by atoms with van der Waals surface area (Å²) in [6, 6.07) is 13.2. The highest BCUT2D eigenvalue weighted by molar-refractivity contribution is 5.53. The molecule has 1 aromatic heterocycles. The molecule has 6 nitrogen and oxygen atoms in total. The lowest BCUT2D eigenvalue weighted by Crippen LogP contribution is -2.30. The Bertz CT molecular complexity index is 786. The third-order valence-corrected chi connectivity index (χ3v) is 6.61. The van der Waals surface area contributed by atoms with E-state index in [-0.39, 0.29) is 0 Å². The molecule has 0 aliphatic heterocycles. The van der Waals surface area contributed by atoms with Gasteiger partial charge in [0.15, 0.2) is 0 Å². The van der Waals surface area contributed by atoms with Crippen LogP contribution in [0.3, 0.4) is 0 Å². The van der Waals surface area contributed by atoms with Crippen molar-refractivity contribution in [2.24, 2.45) is 0 Å². The van der Waals surface area contributed by atoms with Crippen LogP contribution in [0, 0.1) is 0 Å². The zero-order chi connectivity index (χ0) is 23.3. The number of anilines is 3. The van der Waals surface area contributed by atoms with Gasteiger partial charge in [-0.1, -0.05) is 68.9 Å². The average molecular weight is 453 g/mol. The molecule has 0 amide bonds. The highest BCUT2D eigenvalue weighted by atomic mass is 15.3. The maximum Gasteiger partial charge on any atom is 0.229 e. The highest BCUT2D eigenvalue weighted by Gasteiger charge is 2.15. The summed E-state index contributed by atoms with van der Waals surface area (Å²) >= 11 is 0. The minimum atomic E-state index is 0.511. The summed E-state index contributed by atoms with van der Waals surface area (Å²) in [6.45, 7) is 6.07. The summed E-state index contributed by atoms with van der Waals surface area (Å²) in [6.07, 6.45) is 11.7. The normalized spacial score (nSPS) is 15.5. The van der Waals surface area contributed by atoms with E-state index < -0.39 is 0 Å². The number of hydrogen-bond acceptors (Lipinski definition) is 6. The molecule has 2 aromatic rings. The van der Waals surface area contributed by atoms with E-state index in [0.717, 1.165) is 50.2 Å². The first kappa shape index (κ1) is 25.3. The zero-order valence-electron chi connectivity index (χ0n) is 21.0. The van der Waals surface area contributed by atoms with Crippen molar-refractivity contribution < 1.29 is 0 Å². The Kier molecular flexibility index (Phi) is 10.8. The summed E-state index contributed by atoms with van der Waals surface area (Å²) in [5, 5.41) is 6.98. The Morgan fingerprint density at radius 2 is 1.58 bits per heavy atom. The van der Waals surface area contributed by atoms with Crippen LogP contribution in [0.25, 0.3) is 0 Å². The Labute approximate surface area is 201 Å². The minimum Gasteiger partial charge on any atom is -0.373 e. The van der Waals surface area contributed by atoms with Crippen molar-refractivity contribution in [3.8, 4) is 0 Å². The van der Waals surface area contributed by atoms with Gasteiger partial charge < -0.3 is 20.4 Å². The molecule has 1 saturated carbocycles. The fourth-order valence-corrected chi connectivity index (χ4v) is 4.67. The van der Waals surface area contributed by atoms with E-state index in [4.69, 9.17) is 9.97 Å². The van der Waals surface area contributed by atoms with Crippen LogP contribution < -0.4 is 15.5 Å². The fourth-order valence-electron chi connectivity index (χ4n) is 4.67. The van der Waals surface area contributed by atoms with Gasteiger partial charge in [0.05, 0.1) is 0 Å². The van der Waals surface area contributed by atoms with Crippen molar-refractivity contribution in [3.63, 3.8) is 0 Å². The number of aromatic nitrogens is 2. The molecule has 1 aliphatic carbocycles. The van der Waals surface area contributed by atoms with Gasteiger partial charge in [-0.05, 0) is 45.3 Å². The lowest BCUT2D eigenvalue weighted by Gasteiger charge is -2.25. The molecule has 1 fully saturated rings. The molecule has 1 heterocycles. The van der Waals surface area contributed by atoms with Crippen LogP contribution in [0.5, 0.6) is 0 Å². The van der Waals surface area contributed by atoms with E-state index in [1.54, 1.807) is 0 Å². The Hall–Kier alpha value is -2.34.